The van der Waals surface area contributed by atoms with Crippen LogP contribution in [0.4, 0.5) is 0 Å². The fraction of sp³-hybridized carbons (Fsp3) is 0.500. The number of rotatable bonds is 24. The van der Waals surface area contributed by atoms with Crippen LogP contribution >= 0.6 is 23.2 Å². The molecule has 17 heteroatoms. The van der Waals surface area contributed by atoms with Crippen molar-refractivity contribution in [2.45, 2.75) is 83.0 Å². The number of guanidine groups is 1. The van der Waals surface area contributed by atoms with E-state index in [2.05, 4.69) is 31.6 Å². The lowest BCUT2D eigenvalue weighted by Gasteiger charge is -2.27. The minimum atomic E-state index is -1.14. The van der Waals surface area contributed by atoms with Gasteiger partial charge in [-0.1, -0.05) is 73.4 Å². The second kappa shape index (κ2) is 24.0. The molecule has 0 radical (unpaired) electrons. The fourth-order valence-corrected chi connectivity index (χ4v) is 5.83. The average molecular weight is 778 g/mol. The number of halogens is 2. The number of unbranched alkanes of at least 4 members (excludes halogenated alkanes) is 1. The van der Waals surface area contributed by atoms with Crippen molar-refractivity contribution in [3.63, 3.8) is 0 Å². The maximum Gasteiger partial charge on any atom is 0.243 e. The molecule has 2 aromatic rings. The molecule has 0 heterocycles. The number of primary amides is 1. The Morgan fingerprint density at radius 2 is 1.42 bits per heavy atom. The third-order valence-corrected chi connectivity index (χ3v) is 8.83. The summed E-state index contributed by atoms with van der Waals surface area (Å²) in [6.45, 7) is 4.52. The first kappa shape index (κ1) is 44.7. The molecular weight excluding hydrogens is 723 g/mol. The normalized spacial score (nSPS) is 13.2. The van der Waals surface area contributed by atoms with Gasteiger partial charge in [-0.15, -0.1) is 0 Å². The zero-order valence-electron chi connectivity index (χ0n) is 30.3. The molecule has 4 unspecified atom stereocenters. The number of nitrogens with one attached hydrogen (secondary N) is 5. The van der Waals surface area contributed by atoms with Crippen LogP contribution in [0.15, 0.2) is 53.5 Å². The van der Waals surface area contributed by atoms with Crippen molar-refractivity contribution in [1.82, 2.24) is 26.6 Å². The first-order valence-corrected chi connectivity index (χ1v) is 18.4. The number of hydrogen-bond donors (Lipinski definition) is 9. The highest BCUT2D eigenvalue weighted by atomic mass is 35.5. The van der Waals surface area contributed by atoms with Crippen molar-refractivity contribution >= 4 is 58.7 Å². The molecular formula is C36H54Cl2N10O5. The molecule has 53 heavy (non-hydrogen) atoms. The summed E-state index contributed by atoms with van der Waals surface area (Å²) in [7, 11) is 0. The van der Waals surface area contributed by atoms with Crippen LogP contribution in [0.1, 0.15) is 57.1 Å². The van der Waals surface area contributed by atoms with Crippen LogP contribution in [0.25, 0.3) is 0 Å². The van der Waals surface area contributed by atoms with Crippen molar-refractivity contribution in [3.8, 4) is 0 Å². The van der Waals surface area contributed by atoms with Crippen LogP contribution in [0.3, 0.4) is 0 Å². The Hall–Kier alpha value is -4.44. The third-order valence-electron chi connectivity index (χ3n) is 8.24. The topological polar surface area (TPSA) is 262 Å². The molecule has 0 aliphatic heterocycles. The highest BCUT2D eigenvalue weighted by Crippen LogP contribution is 2.21. The molecule has 2 rings (SSSR count). The average Bonchev–Trinajstić information content (AvgIpc) is 3.10. The molecule has 0 aliphatic carbocycles. The molecule has 5 amide bonds. The minimum Gasteiger partial charge on any atom is -0.370 e. The lowest BCUT2D eigenvalue weighted by Crippen LogP contribution is -2.59. The van der Waals surface area contributed by atoms with Crippen molar-refractivity contribution < 1.29 is 24.0 Å². The summed E-state index contributed by atoms with van der Waals surface area (Å²) in [5.41, 5.74) is 23.6. The number of nitrogens with zero attached hydrogens (tertiary/aromatic N) is 1. The predicted molar refractivity (Wildman–Crippen MR) is 208 cm³/mol. The number of carbonyl (C=O) groups excluding carboxylic acids is 5. The van der Waals surface area contributed by atoms with E-state index in [0.29, 0.717) is 48.8 Å². The van der Waals surface area contributed by atoms with Gasteiger partial charge in [0, 0.05) is 23.0 Å². The maximum atomic E-state index is 13.9. The van der Waals surface area contributed by atoms with Gasteiger partial charge in [-0.25, -0.2) is 0 Å². The van der Waals surface area contributed by atoms with Crippen LogP contribution in [0.2, 0.25) is 10.0 Å². The molecule has 0 aromatic heterocycles. The number of hydrogen-bond acceptors (Lipinski definition) is 8. The predicted octanol–water partition coefficient (Wildman–Crippen LogP) is 0.631. The Morgan fingerprint density at radius 1 is 0.774 bits per heavy atom. The number of amides is 5. The van der Waals surface area contributed by atoms with Crippen molar-refractivity contribution in [2.24, 2.45) is 33.8 Å². The summed E-state index contributed by atoms with van der Waals surface area (Å²) in [5, 5.41) is 15.0. The van der Waals surface area contributed by atoms with E-state index in [1.54, 1.807) is 50.2 Å². The Kier molecular flexibility index (Phi) is 20.2. The van der Waals surface area contributed by atoms with Gasteiger partial charge in [0.2, 0.25) is 29.5 Å². The van der Waals surface area contributed by atoms with Crippen LogP contribution in [-0.4, -0.2) is 85.8 Å². The van der Waals surface area contributed by atoms with E-state index in [1.165, 1.54) is 0 Å². The molecule has 0 aliphatic rings. The van der Waals surface area contributed by atoms with E-state index in [9.17, 15) is 24.0 Å². The van der Waals surface area contributed by atoms with Gasteiger partial charge in [0.1, 0.15) is 24.2 Å². The Labute approximate surface area is 321 Å². The molecule has 15 nitrogen and oxygen atoms in total. The summed E-state index contributed by atoms with van der Waals surface area (Å²) in [6.07, 6.45) is 2.51. The summed E-state index contributed by atoms with van der Waals surface area (Å²) in [5.74, 6) is -3.48. The van der Waals surface area contributed by atoms with Gasteiger partial charge < -0.3 is 49.5 Å². The Balaban J connectivity index is 2.19. The van der Waals surface area contributed by atoms with Gasteiger partial charge in [0.15, 0.2) is 5.96 Å². The second-order valence-electron chi connectivity index (χ2n) is 13.0. The smallest absolute Gasteiger partial charge is 0.243 e. The summed E-state index contributed by atoms with van der Waals surface area (Å²) >= 11 is 12.2. The zero-order valence-corrected chi connectivity index (χ0v) is 31.8. The van der Waals surface area contributed by atoms with Gasteiger partial charge in [-0.3, -0.25) is 29.0 Å². The van der Waals surface area contributed by atoms with Crippen LogP contribution in [-0.2, 0) is 36.8 Å². The number of aliphatic imine (C=N–C) groups is 1. The quantitative estimate of drug-likeness (QED) is 0.0411. The van der Waals surface area contributed by atoms with Gasteiger partial charge >= 0.3 is 0 Å². The lowest BCUT2D eigenvalue weighted by molar-refractivity contribution is -0.134. The Morgan fingerprint density at radius 3 is 2.04 bits per heavy atom. The van der Waals surface area contributed by atoms with Crippen LogP contribution in [0, 0.1) is 5.92 Å². The van der Waals surface area contributed by atoms with Crippen molar-refractivity contribution in [2.75, 3.05) is 26.2 Å². The number of benzene rings is 2. The summed E-state index contributed by atoms with van der Waals surface area (Å²) < 4.78 is 0. The minimum absolute atomic E-state index is 0.0647. The van der Waals surface area contributed by atoms with Gasteiger partial charge in [0.05, 0.1) is 6.54 Å². The molecule has 0 spiro atoms. The van der Waals surface area contributed by atoms with Crippen molar-refractivity contribution in [3.05, 3.63) is 69.7 Å². The monoisotopic (exact) mass is 776 g/mol. The maximum absolute atomic E-state index is 13.9. The Bertz CT molecular complexity index is 1530. The highest BCUT2D eigenvalue weighted by molar-refractivity contribution is 6.35. The molecule has 0 bridgehead atoms. The fourth-order valence-electron chi connectivity index (χ4n) is 5.32. The van der Waals surface area contributed by atoms with Crippen LogP contribution < -0.4 is 49.5 Å². The molecule has 0 saturated carbocycles. The molecule has 0 saturated heterocycles. The van der Waals surface area contributed by atoms with E-state index < -0.39 is 53.7 Å². The molecule has 0 fully saturated rings. The molecule has 2 aromatic carbocycles. The number of carbonyl (C=O) groups is 5. The van der Waals surface area contributed by atoms with Gasteiger partial charge in [-0.2, -0.15) is 0 Å². The highest BCUT2D eigenvalue weighted by Gasteiger charge is 2.32. The summed E-state index contributed by atoms with van der Waals surface area (Å²) in [4.78, 5) is 70.1. The lowest BCUT2D eigenvalue weighted by atomic mass is 10.0. The first-order valence-electron chi connectivity index (χ1n) is 17.7. The SMILES string of the molecule is CC(C)C(NC(=O)CNCCc1ccc(Cl)cc1Cl)C(=O)NC(Cc1ccccc1)C(=O)NC(CCCN=C(N)N)C(=O)NC(CCCCN)C(N)=O. The van der Waals surface area contributed by atoms with Crippen molar-refractivity contribution in [1.29, 1.82) is 0 Å². The van der Waals surface area contributed by atoms with Gasteiger partial charge in [-0.05, 0) is 80.8 Å². The van der Waals surface area contributed by atoms with E-state index in [1.807, 2.05) is 12.1 Å². The molecule has 4 atom stereocenters. The van der Waals surface area contributed by atoms with E-state index >= 15 is 0 Å². The zero-order chi connectivity index (χ0) is 39.3. The number of nitrogens with two attached hydrogens (primary N) is 4. The standard InChI is InChI=1S/C36H54Cl2N10O5/c1-22(2)31(48-30(49)21-43-18-15-24-13-14-25(37)20-26(24)38)35(53)47-29(19-23-9-4-3-5-10-23)34(52)46-28(12-8-17-44-36(41)42)33(51)45-27(32(40)50)11-6-7-16-39/h3-5,9-10,13-14,20,22,27-29,31,43H,6-8,11-12,15-19,21,39H2,1-2H3,(H2,40,50)(H,45,51)(H,46,52)(H,47,53)(H,48,49)(H4,41,42,44). The van der Waals surface area contributed by atoms with Crippen LogP contribution in [0.5, 0.6) is 0 Å². The molecule has 292 valence electrons. The molecule has 13 N–H and O–H groups in total. The third kappa shape index (κ3) is 17.3. The van der Waals surface area contributed by atoms with Gasteiger partial charge in [0.25, 0.3) is 0 Å². The second-order valence-corrected chi connectivity index (χ2v) is 13.8. The van der Waals surface area contributed by atoms with E-state index in [0.717, 1.165) is 11.1 Å². The largest absolute Gasteiger partial charge is 0.370 e. The van der Waals surface area contributed by atoms with E-state index in [4.69, 9.17) is 46.1 Å². The summed E-state index contributed by atoms with van der Waals surface area (Å²) in [6, 6.07) is 9.99. The van der Waals surface area contributed by atoms with E-state index in [-0.39, 0.29) is 44.2 Å². The first-order chi connectivity index (χ1) is 25.2.